The fraction of sp³-hybridized carbons (Fsp3) is 0.250. The molecular weight excluding hydrogens is 258 g/mol. The molecule has 0 aliphatic heterocycles. The fourth-order valence-electron chi connectivity index (χ4n) is 2.20. The molecule has 0 amide bonds. The van der Waals surface area contributed by atoms with E-state index >= 15 is 0 Å². The van der Waals surface area contributed by atoms with E-state index in [9.17, 15) is 8.78 Å². The Hall–Kier alpha value is -1.78. The molecule has 106 valence electrons. The topological polar surface area (TPSA) is 38.0 Å². The van der Waals surface area contributed by atoms with E-state index in [1.807, 2.05) is 30.3 Å². The number of nitrogens with one attached hydrogen (secondary N) is 1. The van der Waals surface area contributed by atoms with Gasteiger partial charge in [-0.3, -0.25) is 11.3 Å². The highest BCUT2D eigenvalue weighted by molar-refractivity contribution is 5.20. The fourth-order valence-corrected chi connectivity index (χ4v) is 2.20. The van der Waals surface area contributed by atoms with E-state index in [2.05, 4.69) is 5.43 Å². The minimum atomic E-state index is -0.818. The van der Waals surface area contributed by atoms with E-state index in [4.69, 9.17) is 5.84 Å². The van der Waals surface area contributed by atoms with Crippen molar-refractivity contribution in [1.82, 2.24) is 5.43 Å². The number of hydrazine groups is 1. The van der Waals surface area contributed by atoms with Crippen molar-refractivity contribution in [2.75, 3.05) is 0 Å². The second-order valence-corrected chi connectivity index (χ2v) is 4.80. The average Bonchev–Trinajstić information content (AvgIpc) is 2.49. The molecule has 0 aliphatic carbocycles. The van der Waals surface area contributed by atoms with E-state index in [1.165, 1.54) is 11.6 Å². The first-order valence-electron chi connectivity index (χ1n) is 6.63. The molecule has 0 fully saturated rings. The molecule has 2 nitrogen and oxygen atoms in total. The van der Waals surface area contributed by atoms with Crippen LogP contribution in [0.4, 0.5) is 8.78 Å². The lowest BCUT2D eigenvalue weighted by molar-refractivity contribution is 0.461. The maximum atomic E-state index is 13.6. The molecule has 0 spiro atoms. The second-order valence-electron chi connectivity index (χ2n) is 4.80. The van der Waals surface area contributed by atoms with Crippen LogP contribution in [-0.4, -0.2) is 6.04 Å². The molecule has 0 bridgehead atoms. The van der Waals surface area contributed by atoms with Gasteiger partial charge in [0.15, 0.2) is 11.6 Å². The number of nitrogens with two attached hydrogens (primary N) is 1. The van der Waals surface area contributed by atoms with Crippen LogP contribution in [0.2, 0.25) is 0 Å². The van der Waals surface area contributed by atoms with Crippen molar-refractivity contribution in [3.63, 3.8) is 0 Å². The number of rotatable bonds is 6. The van der Waals surface area contributed by atoms with Crippen LogP contribution in [0.25, 0.3) is 0 Å². The first-order valence-corrected chi connectivity index (χ1v) is 6.63. The van der Waals surface area contributed by atoms with E-state index in [0.29, 0.717) is 12.0 Å². The normalized spacial score (nSPS) is 12.3. The van der Waals surface area contributed by atoms with Crippen LogP contribution < -0.4 is 11.3 Å². The Morgan fingerprint density at radius 3 is 2.45 bits per heavy atom. The predicted molar refractivity (Wildman–Crippen MR) is 75.9 cm³/mol. The molecule has 3 N–H and O–H groups in total. The molecule has 1 atom stereocenters. The van der Waals surface area contributed by atoms with Crippen molar-refractivity contribution in [3.05, 3.63) is 71.3 Å². The van der Waals surface area contributed by atoms with Gasteiger partial charge in [-0.1, -0.05) is 42.5 Å². The third-order valence-electron chi connectivity index (χ3n) is 3.36. The van der Waals surface area contributed by atoms with Gasteiger partial charge in [-0.2, -0.15) is 0 Å². The zero-order valence-electron chi connectivity index (χ0n) is 11.2. The SMILES string of the molecule is NNC(CCc1ccccc1)Cc1cccc(F)c1F. The summed E-state index contributed by atoms with van der Waals surface area (Å²) < 4.78 is 26.8. The lowest BCUT2D eigenvalue weighted by Gasteiger charge is -2.16. The van der Waals surface area contributed by atoms with Crippen LogP contribution in [0.5, 0.6) is 0 Å². The van der Waals surface area contributed by atoms with Crippen LogP contribution in [-0.2, 0) is 12.8 Å². The summed E-state index contributed by atoms with van der Waals surface area (Å²) in [5, 5.41) is 0. The molecule has 0 saturated heterocycles. The lowest BCUT2D eigenvalue weighted by Crippen LogP contribution is -2.37. The van der Waals surface area contributed by atoms with Crippen molar-refractivity contribution in [2.24, 2.45) is 5.84 Å². The zero-order valence-corrected chi connectivity index (χ0v) is 11.2. The molecule has 0 aromatic heterocycles. The first kappa shape index (κ1) is 14.6. The van der Waals surface area contributed by atoms with E-state index in [1.54, 1.807) is 6.07 Å². The maximum Gasteiger partial charge on any atom is 0.162 e. The van der Waals surface area contributed by atoms with Gasteiger partial charge in [0, 0.05) is 6.04 Å². The van der Waals surface area contributed by atoms with Gasteiger partial charge in [-0.25, -0.2) is 8.78 Å². The molecule has 0 saturated carbocycles. The Balaban J connectivity index is 1.97. The predicted octanol–water partition coefficient (Wildman–Crippen LogP) is 2.97. The molecule has 0 heterocycles. The Morgan fingerprint density at radius 1 is 1.00 bits per heavy atom. The minimum absolute atomic E-state index is 0.0912. The number of hydrogen-bond donors (Lipinski definition) is 2. The molecule has 4 heteroatoms. The Morgan fingerprint density at radius 2 is 1.75 bits per heavy atom. The Kier molecular flexibility index (Phi) is 5.21. The summed E-state index contributed by atoms with van der Waals surface area (Å²) in [6, 6.07) is 14.1. The summed E-state index contributed by atoms with van der Waals surface area (Å²) in [6.45, 7) is 0. The number of halogens is 2. The van der Waals surface area contributed by atoms with Crippen LogP contribution >= 0.6 is 0 Å². The summed E-state index contributed by atoms with van der Waals surface area (Å²) in [5.41, 5.74) is 4.23. The van der Waals surface area contributed by atoms with Crippen molar-refractivity contribution in [3.8, 4) is 0 Å². The third kappa shape index (κ3) is 3.85. The Bertz CT molecular complexity index is 543. The molecule has 0 radical (unpaired) electrons. The van der Waals surface area contributed by atoms with E-state index < -0.39 is 11.6 Å². The quantitative estimate of drug-likeness (QED) is 0.629. The molecular formula is C16H18F2N2. The van der Waals surface area contributed by atoms with Gasteiger partial charge < -0.3 is 0 Å². The highest BCUT2D eigenvalue weighted by Crippen LogP contribution is 2.15. The van der Waals surface area contributed by atoms with Gasteiger partial charge in [0.2, 0.25) is 0 Å². The van der Waals surface area contributed by atoms with Gasteiger partial charge in [-0.05, 0) is 36.5 Å². The standard InChI is InChI=1S/C16H18F2N2/c17-15-8-4-7-13(16(15)18)11-14(20-19)10-9-12-5-2-1-3-6-12/h1-8,14,20H,9-11,19H2. The zero-order chi connectivity index (χ0) is 14.4. The summed E-state index contributed by atoms with van der Waals surface area (Å²) >= 11 is 0. The highest BCUT2D eigenvalue weighted by Gasteiger charge is 2.13. The van der Waals surface area contributed by atoms with Crippen LogP contribution in [0, 0.1) is 11.6 Å². The van der Waals surface area contributed by atoms with Crippen LogP contribution in [0.3, 0.4) is 0 Å². The van der Waals surface area contributed by atoms with Gasteiger partial charge in [0.1, 0.15) is 0 Å². The molecule has 1 unspecified atom stereocenters. The maximum absolute atomic E-state index is 13.6. The minimum Gasteiger partial charge on any atom is -0.271 e. The van der Waals surface area contributed by atoms with Crippen LogP contribution in [0.1, 0.15) is 17.5 Å². The average molecular weight is 276 g/mol. The van der Waals surface area contributed by atoms with Crippen molar-refractivity contribution < 1.29 is 8.78 Å². The van der Waals surface area contributed by atoms with Crippen molar-refractivity contribution in [1.29, 1.82) is 0 Å². The summed E-state index contributed by atoms with van der Waals surface area (Å²) in [5.74, 6) is 3.90. The smallest absolute Gasteiger partial charge is 0.162 e. The van der Waals surface area contributed by atoms with Gasteiger partial charge in [-0.15, -0.1) is 0 Å². The summed E-state index contributed by atoms with van der Waals surface area (Å²) in [4.78, 5) is 0. The van der Waals surface area contributed by atoms with Gasteiger partial charge in [0.25, 0.3) is 0 Å². The highest BCUT2D eigenvalue weighted by atomic mass is 19.2. The number of aryl methyl sites for hydroxylation is 1. The Labute approximate surface area is 117 Å². The molecule has 0 aliphatic rings. The third-order valence-corrected chi connectivity index (χ3v) is 3.36. The van der Waals surface area contributed by atoms with Crippen LogP contribution in [0.15, 0.2) is 48.5 Å². The lowest BCUT2D eigenvalue weighted by atomic mass is 9.99. The number of hydrogen-bond acceptors (Lipinski definition) is 2. The monoisotopic (exact) mass is 276 g/mol. The largest absolute Gasteiger partial charge is 0.271 e. The molecule has 2 rings (SSSR count). The number of benzene rings is 2. The molecule has 2 aromatic carbocycles. The van der Waals surface area contributed by atoms with Gasteiger partial charge >= 0.3 is 0 Å². The van der Waals surface area contributed by atoms with Gasteiger partial charge in [0.05, 0.1) is 0 Å². The first-order chi connectivity index (χ1) is 9.70. The molecule has 20 heavy (non-hydrogen) atoms. The van der Waals surface area contributed by atoms with E-state index in [0.717, 1.165) is 18.9 Å². The summed E-state index contributed by atoms with van der Waals surface area (Å²) in [7, 11) is 0. The van der Waals surface area contributed by atoms with Crippen molar-refractivity contribution >= 4 is 0 Å². The summed E-state index contributed by atoms with van der Waals surface area (Å²) in [6.07, 6.45) is 1.97. The van der Waals surface area contributed by atoms with Crippen molar-refractivity contribution in [2.45, 2.75) is 25.3 Å². The molecule has 2 aromatic rings. The van der Waals surface area contributed by atoms with E-state index in [-0.39, 0.29) is 6.04 Å². The second kappa shape index (κ2) is 7.12.